The van der Waals surface area contributed by atoms with Gasteiger partial charge in [-0.2, -0.15) is 5.10 Å². The van der Waals surface area contributed by atoms with Gasteiger partial charge < -0.3 is 9.64 Å². The minimum Gasteiger partial charge on any atom is -0.494 e. The van der Waals surface area contributed by atoms with Crippen LogP contribution in [0.2, 0.25) is 0 Å². The van der Waals surface area contributed by atoms with Gasteiger partial charge in [0.15, 0.2) is 5.65 Å². The third-order valence-electron chi connectivity index (χ3n) is 4.53. The lowest BCUT2D eigenvalue weighted by atomic mass is 10.0. The Hall–Kier alpha value is -3.74. The molecular formula is C21H19N5O2. The average molecular weight is 373 g/mol. The first-order chi connectivity index (χ1) is 13.6. The van der Waals surface area contributed by atoms with Crippen molar-refractivity contribution in [2.45, 2.75) is 0 Å². The lowest BCUT2D eigenvalue weighted by Gasteiger charge is -2.11. The van der Waals surface area contributed by atoms with Crippen LogP contribution >= 0.6 is 0 Å². The molecule has 3 heterocycles. The number of nitrogens with zero attached hydrogens (tertiary/aromatic N) is 4. The summed E-state index contributed by atoms with van der Waals surface area (Å²) in [4.78, 5) is 22.4. The molecule has 1 aromatic carbocycles. The van der Waals surface area contributed by atoms with Gasteiger partial charge in [-0.05, 0) is 29.8 Å². The largest absolute Gasteiger partial charge is 0.494 e. The van der Waals surface area contributed by atoms with E-state index in [-0.39, 0.29) is 5.91 Å². The highest BCUT2D eigenvalue weighted by molar-refractivity contribution is 5.97. The summed E-state index contributed by atoms with van der Waals surface area (Å²) in [6, 6.07) is 11.4. The number of fused-ring (bicyclic) bond motifs is 1. The number of amides is 1. The zero-order chi connectivity index (χ0) is 19.7. The monoisotopic (exact) mass is 373 g/mol. The average Bonchev–Trinajstić information content (AvgIpc) is 3.16. The highest BCUT2D eigenvalue weighted by Crippen LogP contribution is 2.33. The van der Waals surface area contributed by atoms with E-state index in [1.807, 2.05) is 36.4 Å². The first kappa shape index (κ1) is 17.7. The maximum absolute atomic E-state index is 12.3. The van der Waals surface area contributed by atoms with Crippen LogP contribution in [0.5, 0.6) is 5.75 Å². The van der Waals surface area contributed by atoms with E-state index in [0.717, 1.165) is 27.8 Å². The molecule has 0 aliphatic rings. The summed E-state index contributed by atoms with van der Waals surface area (Å²) in [6.07, 6.45) is 5.13. The number of aromatic amines is 1. The van der Waals surface area contributed by atoms with E-state index in [0.29, 0.717) is 17.0 Å². The summed E-state index contributed by atoms with van der Waals surface area (Å²) in [5.41, 5.74) is 4.72. The number of hydrogen-bond acceptors (Lipinski definition) is 5. The SMILES string of the molecule is COc1cnccc1-c1[nH]nc2ncc(-c3cccc(C(=O)N(C)C)c3)cc12. The topological polar surface area (TPSA) is 84.0 Å². The maximum atomic E-state index is 12.3. The molecule has 0 radical (unpaired) electrons. The fraction of sp³-hybridized carbons (Fsp3) is 0.143. The first-order valence-corrected chi connectivity index (χ1v) is 8.73. The van der Waals surface area contributed by atoms with Gasteiger partial charge in [-0.3, -0.25) is 14.9 Å². The molecule has 7 heteroatoms. The molecule has 140 valence electrons. The molecule has 0 unspecified atom stereocenters. The van der Waals surface area contributed by atoms with Crippen LogP contribution in [0.3, 0.4) is 0 Å². The summed E-state index contributed by atoms with van der Waals surface area (Å²) in [5, 5.41) is 8.22. The molecule has 4 rings (SSSR count). The number of carbonyl (C=O) groups excluding carboxylic acids is 1. The summed E-state index contributed by atoms with van der Waals surface area (Å²) in [7, 11) is 5.08. The van der Waals surface area contributed by atoms with Crippen molar-refractivity contribution < 1.29 is 9.53 Å². The number of methoxy groups -OCH3 is 1. The number of rotatable bonds is 4. The molecule has 0 fully saturated rings. The Morgan fingerprint density at radius 2 is 1.96 bits per heavy atom. The van der Waals surface area contributed by atoms with Gasteiger partial charge in [0.2, 0.25) is 0 Å². The lowest BCUT2D eigenvalue weighted by molar-refractivity contribution is 0.0827. The number of hydrogen-bond donors (Lipinski definition) is 1. The van der Waals surface area contributed by atoms with Crippen LogP contribution in [-0.2, 0) is 0 Å². The van der Waals surface area contributed by atoms with Crippen molar-refractivity contribution in [2.24, 2.45) is 0 Å². The second-order valence-electron chi connectivity index (χ2n) is 6.55. The van der Waals surface area contributed by atoms with Crippen LogP contribution in [0.25, 0.3) is 33.4 Å². The van der Waals surface area contributed by atoms with Gasteiger partial charge in [0.1, 0.15) is 5.75 Å². The third-order valence-corrected chi connectivity index (χ3v) is 4.53. The number of ether oxygens (including phenoxy) is 1. The van der Waals surface area contributed by atoms with Crippen LogP contribution in [0.1, 0.15) is 10.4 Å². The molecule has 28 heavy (non-hydrogen) atoms. The van der Waals surface area contributed by atoms with E-state index < -0.39 is 0 Å². The maximum Gasteiger partial charge on any atom is 0.253 e. The summed E-state index contributed by atoms with van der Waals surface area (Å²) < 4.78 is 5.42. The molecule has 4 aromatic rings. The highest BCUT2D eigenvalue weighted by atomic mass is 16.5. The zero-order valence-electron chi connectivity index (χ0n) is 15.8. The Morgan fingerprint density at radius 3 is 2.75 bits per heavy atom. The first-order valence-electron chi connectivity index (χ1n) is 8.73. The molecule has 1 N–H and O–H groups in total. The number of carbonyl (C=O) groups is 1. The van der Waals surface area contributed by atoms with E-state index in [4.69, 9.17) is 4.74 Å². The summed E-state index contributed by atoms with van der Waals surface area (Å²) in [6.45, 7) is 0. The molecule has 0 aliphatic carbocycles. The minimum absolute atomic E-state index is 0.0404. The molecule has 0 aliphatic heterocycles. The second-order valence-corrected chi connectivity index (χ2v) is 6.55. The normalized spacial score (nSPS) is 10.8. The highest BCUT2D eigenvalue weighted by Gasteiger charge is 2.15. The van der Waals surface area contributed by atoms with Crippen molar-refractivity contribution in [3.8, 4) is 28.1 Å². The van der Waals surface area contributed by atoms with Gasteiger partial charge in [0, 0.05) is 48.6 Å². The number of H-pyrrole nitrogens is 1. The van der Waals surface area contributed by atoms with Crippen molar-refractivity contribution in [3.63, 3.8) is 0 Å². The molecule has 0 spiro atoms. The van der Waals surface area contributed by atoms with Gasteiger partial charge in [-0.1, -0.05) is 12.1 Å². The van der Waals surface area contributed by atoms with Gasteiger partial charge in [-0.15, -0.1) is 0 Å². The summed E-state index contributed by atoms with van der Waals surface area (Å²) >= 11 is 0. The van der Waals surface area contributed by atoms with Crippen molar-refractivity contribution in [1.29, 1.82) is 0 Å². The smallest absolute Gasteiger partial charge is 0.253 e. The van der Waals surface area contributed by atoms with Crippen LogP contribution in [0, 0.1) is 0 Å². The van der Waals surface area contributed by atoms with Gasteiger partial charge >= 0.3 is 0 Å². The Bertz CT molecular complexity index is 1170. The van der Waals surface area contributed by atoms with Crippen molar-refractivity contribution in [1.82, 2.24) is 25.1 Å². The van der Waals surface area contributed by atoms with E-state index >= 15 is 0 Å². The number of pyridine rings is 2. The molecule has 0 bridgehead atoms. The lowest BCUT2D eigenvalue weighted by Crippen LogP contribution is -2.21. The number of nitrogens with one attached hydrogen (secondary N) is 1. The Morgan fingerprint density at radius 1 is 1.11 bits per heavy atom. The molecule has 0 saturated carbocycles. The quantitative estimate of drug-likeness (QED) is 0.593. The number of aromatic nitrogens is 4. The predicted octanol–water partition coefficient (Wildman–Crippen LogP) is 3.40. The van der Waals surface area contributed by atoms with Gasteiger partial charge in [0.05, 0.1) is 19.0 Å². The van der Waals surface area contributed by atoms with Crippen LogP contribution in [-0.4, -0.2) is 52.2 Å². The molecule has 7 nitrogen and oxygen atoms in total. The van der Waals surface area contributed by atoms with Crippen molar-refractivity contribution >= 4 is 16.9 Å². The van der Waals surface area contributed by atoms with Gasteiger partial charge in [0.25, 0.3) is 5.91 Å². The molecular weight excluding hydrogens is 354 g/mol. The standard InChI is InChI=1S/C21H19N5O2/c1-26(2)21(27)14-6-4-5-13(9-14)15-10-17-19(24-25-20(17)23-11-15)16-7-8-22-12-18(16)28-3/h4-12H,1-3H3,(H,23,24,25). The van der Waals surface area contributed by atoms with E-state index in [1.165, 1.54) is 0 Å². The summed E-state index contributed by atoms with van der Waals surface area (Å²) in [5.74, 6) is 0.610. The Labute approximate surface area is 162 Å². The van der Waals surface area contributed by atoms with Gasteiger partial charge in [-0.25, -0.2) is 4.98 Å². The molecule has 0 atom stereocenters. The van der Waals surface area contributed by atoms with E-state index in [9.17, 15) is 4.79 Å². The van der Waals surface area contributed by atoms with E-state index in [2.05, 4.69) is 20.2 Å². The minimum atomic E-state index is -0.0404. The molecule has 1 amide bonds. The third kappa shape index (κ3) is 3.07. The van der Waals surface area contributed by atoms with Crippen molar-refractivity contribution in [3.05, 3.63) is 60.6 Å². The van der Waals surface area contributed by atoms with Crippen molar-refractivity contribution in [2.75, 3.05) is 21.2 Å². The Kier molecular flexibility index (Phi) is 4.49. The second kappa shape index (κ2) is 7.11. The van der Waals surface area contributed by atoms with Crippen LogP contribution in [0.15, 0.2) is 55.0 Å². The van der Waals surface area contributed by atoms with Crippen LogP contribution in [0.4, 0.5) is 0 Å². The Balaban J connectivity index is 1.83. The fourth-order valence-corrected chi connectivity index (χ4v) is 3.10. The fourth-order valence-electron chi connectivity index (χ4n) is 3.10. The molecule has 3 aromatic heterocycles. The van der Waals surface area contributed by atoms with Crippen LogP contribution < -0.4 is 4.74 Å². The van der Waals surface area contributed by atoms with E-state index in [1.54, 1.807) is 44.7 Å². The molecule has 0 saturated heterocycles. The predicted molar refractivity (Wildman–Crippen MR) is 107 cm³/mol. The zero-order valence-corrected chi connectivity index (χ0v) is 15.8. The number of benzene rings is 1.